The number of carboxylic acids is 1. The van der Waals surface area contributed by atoms with Gasteiger partial charge in [-0.1, -0.05) is 30.3 Å². The van der Waals surface area contributed by atoms with Crippen LogP contribution in [0.25, 0.3) is 10.9 Å². The van der Waals surface area contributed by atoms with Gasteiger partial charge in [0.2, 0.25) is 5.88 Å². The molecule has 2 N–H and O–H groups in total. The maximum absolute atomic E-state index is 13.2. The lowest BCUT2D eigenvalue weighted by Crippen LogP contribution is -2.27. The highest BCUT2D eigenvalue weighted by Crippen LogP contribution is 2.23. The Morgan fingerprint density at radius 2 is 1.88 bits per heavy atom. The quantitative estimate of drug-likeness (QED) is 0.413. The first-order chi connectivity index (χ1) is 16.0. The Hall–Kier alpha value is -4.13. The fourth-order valence-electron chi connectivity index (χ4n) is 3.78. The standard InChI is InChI=1S/C26H25N3O4/c1-3-33-23-12-7-18(15-27-23)16-29-14-13-20-5-4-6-22(24(20)29)25(30)28-17(2)19-8-10-21(11-9-19)26(31)32/h4-15,17H,3,16H2,1-2H3,(H,28,30)(H,31,32). The first-order valence-electron chi connectivity index (χ1n) is 10.8. The molecule has 0 aliphatic heterocycles. The smallest absolute Gasteiger partial charge is 0.335 e. The van der Waals surface area contributed by atoms with E-state index in [4.69, 9.17) is 9.84 Å². The molecule has 0 saturated carbocycles. The normalized spacial score (nSPS) is 11.8. The summed E-state index contributed by atoms with van der Waals surface area (Å²) in [5.74, 6) is -0.586. The average molecular weight is 444 g/mol. The predicted molar refractivity (Wildman–Crippen MR) is 126 cm³/mol. The molecule has 1 amide bonds. The fraction of sp³-hybridized carbons (Fsp3) is 0.192. The lowest BCUT2D eigenvalue weighted by atomic mass is 10.0. The summed E-state index contributed by atoms with van der Waals surface area (Å²) in [6.45, 7) is 4.92. The minimum absolute atomic E-state index is 0.194. The highest BCUT2D eigenvalue weighted by molar-refractivity contribution is 6.06. The van der Waals surface area contributed by atoms with Crippen LogP contribution >= 0.6 is 0 Å². The van der Waals surface area contributed by atoms with Gasteiger partial charge in [-0.15, -0.1) is 0 Å². The van der Waals surface area contributed by atoms with Gasteiger partial charge in [0.05, 0.1) is 29.3 Å². The molecule has 0 aliphatic carbocycles. The third-order valence-corrected chi connectivity index (χ3v) is 5.48. The number of aromatic nitrogens is 2. The van der Waals surface area contributed by atoms with Crippen LogP contribution in [0.15, 0.2) is 73.1 Å². The predicted octanol–water partition coefficient (Wildman–Crippen LogP) is 4.67. The van der Waals surface area contributed by atoms with Gasteiger partial charge in [-0.2, -0.15) is 0 Å². The summed E-state index contributed by atoms with van der Waals surface area (Å²) in [7, 11) is 0. The van der Waals surface area contributed by atoms with Gasteiger partial charge in [-0.25, -0.2) is 9.78 Å². The summed E-state index contributed by atoms with van der Waals surface area (Å²) in [5.41, 5.74) is 3.46. The molecule has 0 saturated heterocycles. The number of amides is 1. The van der Waals surface area contributed by atoms with E-state index in [1.54, 1.807) is 18.3 Å². The number of fused-ring (bicyclic) bond motifs is 1. The maximum atomic E-state index is 13.2. The van der Waals surface area contributed by atoms with E-state index in [2.05, 4.69) is 10.3 Å². The van der Waals surface area contributed by atoms with Crippen LogP contribution in [0.5, 0.6) is 5.88 Å². The molecule has 0 aliphatic rings. The molecule has 2 heterocycles. The van der Waals surface area contributed by atoms with E-state index >= 15 is 0 Å². The SMILES string of the molecule is CCOc1ccc(Cn2ccc3cccc(C(=O)NC(C)c4ccc(C(=O)O)cc4)c32)cn1. The number of pyridine rings is 1. The fourth-order valence-corrected chi connectivity index (χ4v) is 3.78. The summed E-state index contributed by atoms with van der Waals surface area (Å²) < 4.78 is 7.44. The first kappa shape index (κ1) is 22.1. The molecular weight excluding hydrogens is 418 g/mol. The second-order valence-corrected chi connectivity index (χ2v) is 7.75. The Labute approximate surface area is 191 Å². The molecule has 2 aromatic heterocycles. The number of hydrogen-bond acceptors (Lipinski definition) is 4. The zero-order chi connectivity index (χ0) is 23.4. The van der Waals surface area contributed by atoms with Crippen molar-refractivity contribution in [3.63, 3.8) is 0 Å². The number of rotatable bonds is 8. The lowest BCUT2D eigenvalue weighted by Gasteiger charge is -2.16. The van der Waals surface area contributed by atoms with Gasteiger partial charge >= 0.3 is 5.97 Å². The topological polar surface area (TPSA) is 93.5 Å². The highest BCUT2D eigenvalue weighted by atomic mass is 16.5. The van der Waals surface area contributed by atoms with Crippen molar-refractivity contribution in [2.45, 2.75) is 26.4 Å². The zero-order valence-electron chi connectivity index (χ0n) is 18.5. The van der Waals surface area contributed by atoms with Gasteiger partial charge in [0.15, 0.2) is 0 Å². The van der Waals surface area contributed by atoms with Crippen LogP contribution in [-0.2, 0) is 6.54 Å². The maximum Gasteiger partial charge on any atom is 0.335 e. The third kappa shape index (κ3) is 4.87. The number of nitrogens with zero attached hydrogens (tertiary/aromatic N) is 2. The number of benzene rings is 2. The Kier molecular flexibility index (Phi) is 6.40. The van der Waals surface area contributed by atoms with E-state index in [9.17, 15) is 9.59 Å². The van der Waals surface area contributed by atoms with E-state index in [1.807, 2.05) is 61.0 Å². The van der Waals surface area contributed by atoms with Crippen LogP contribution in [0.1, 0.15) is 51.7 Å². The largest absolute Gasteiger partial charge is 0.478 e. The van der Waals surface area contributed by atoms with E-state index < -0.39 is 5.97 Å². The van der Waals surface area contributed by atoms with Crippen LogP contribution in [0.2, 0.25) is 0 Å². The number of nitrogens with one attached hydrogen (secondary N) is 1. The van der Waals surface area contributed by atoms with E-state index in [1.165, 1.54) is 12.1 Å². The number of carbonyl (C=O) groups excluding carboxylic acids is 1. The van der Waals surface area contributed by atoms with Gasteiger partial charge in [-0.3, -0.25) is 4.79 Å². The molecule has 0 fully saturated rings. The van der Waals surface area contributed by atoms with Gasteiger partial charge in [0.1, 0.15) is 0 Å². The van der Waals surface area contributed by atoms with Crippen LogP contribution in [0.4, 0.5) is 0 Å². The van der Waals surface area contributed by atoms with Gasteiger partial charge in [0, 0.05) is 30.4 Å². The van der Waals surface area contributed by atoms with Crippen molar-refractivity contribution in [1.29, 1.82) is 0 Å². The first-order valence-corrected chi connectivity index (χ1v) is 10.8. The average Bonchev–Trinajstić information content (AvgIpc) is 3.23. The van der Waals surface area contributed by atoms with Crippen molar-refractivity contribution in [3.8, 4) is 5.88 Å². The Morgan fingerprint density at radius 1 is 1.09 bits per heavy atom. The molecule has 4 rings (SSSR count). The van der Waals surface area contributed by atoms with Crippen molar-refractivity contribution in [2.75, 3.05) is 6.61 Å². The Balaban J connectivity index is 1.56. The van der Waals surface area contributed by atoms with Crippen LogP contribution < -0.4 is 10.1 Å². The molecule has 1 atom stereocenters. The minimum Gasteiger partial charge on any atom is -0.478 e. The number of para-hydroxylation sites is 1. The molecule has 0 spiro atoms. The second-order valence-electron chi connectivity index (χ2n) is 7.75. The number of hydrogen-bond donors (Lipinski definition) is 2. The molecule has 7 nitrogen and oxygen atoms in total. The van der Waals surface area contributed by atoms with E-state index in [-0.39, 0.29) is 17.5 Å². The summed E-state index contributed by atoms with van der Waals surface area (Å²) in [6.07, 6.45) is 3.74. The number of carbonyl (C=O) groups is 2. The van der Waals surface area contributed by atoms with Crippen LogP contribution in [-0.4, -0.2) is 33.1 Å². The van der Waals surface area contributed by atoms with Gasteiger partial charge in [-0.05, 0) is 49.2 Å². The van der Waals surface area contributed by atoms with E-state index in [0.717, 1.165) is 22.0 Å². The summed E-state index contributed by atoms with van der Waals surface area (Å²) in [5, 5.41) is 13.1. The molecule has 33 heavy (non-hydrogen) atoms. The molecule has 0 bridgehead atoms. The van der Waals surface area contributed by atoms with Gasteiger partial charge in [0.25, 0.3) is 5.91 Å². The number of carboxylic acid groups (broad SMARTS) is 1. The molecule has 4 aromatic rings. The Bertz CT molecular complexity index is 1280. The van der Waals surface area contributed by atoms with Crippen molar-refractivity contribution in [1.82, 2.24) is 14.9 Å². The summed E-state index contributed by atoms with van der Waals surface area (Å²) in [4.78, 5) is 28.6. The molecular formula is C26H25N3O4. The number of aromatic carboxylic acids is 1. The van der Waals surface area contributed by atoms with Gasteiger partial charge < -0.3 is 19.7 Å². The molecule has 2 aromatic carbocycles. The van der Waals surface area contributed by atoms with E-state index in [0.29, 0.717) is 24.6 Å². The highest BCUT2D eigenvalue weighted by Gasteiger charge is 2.17. The molecule has 7 heteroatoms. The van der Waals surface area contributed by atoms with Crippen LogP contribution in [0.3, 0.4) is 0 Å². The lowest BCUT2D eigenvalue weighted by molar-refractivity contribution is 0.0696. The van der Waals surface area contributed by atoms with Crippen molar-refractivity contribution >= 4 is 22.8 Å². The van der Waals surface area contributed by atoms with Crippen molar-refractivity contribution in [3.05, 3.63) is 95.3 Å². The number of ether oxygens (including phenoxy) is 1. The summed E-state index contributed by atoms with van der Waals surface area (Å²) >= 11 is 0. The van der Waals surface area contributed by atoms with Crippen molar-refractivity contribution < 1.29 is 19.4 Å². The van der Waals surface area contributed by atoms with Crippen LogP contribution in [0, 0.1) is 0 Å². The molecule has 168 valence electrons. The molecule has 1 unspecified atom stereocenters. The Morgan fingerprint density at radius 3 is 2.55 bits per heavy atom. The zero-order valence-corrected chi connectivity index (χ0v) is 18.5. The van der Waals surface area contributed by atoms with Crippen molar-refractivity contribution in [2.24, 2.45) is 0 Å². The monoisotopic (exact) mass is 443 g/mol. The third-order valence-electron chi connectivity index (χ3n) is 5.48. The minimum atomic E-state index is -0.978. The summed E-state index contributed by atoms with van der Waals surface area (Å²) in [6, 6.07) is 17.7. The molecule has 0 radical (unpaired) electrons. The second kappa shape index (κ2) is 9.56.